The summed E-state index contributed by atoms with van der Waals surface area (Å²) in [7, 11) is 0. The average molecular weight is 338 g/mol. The van der Waals surface area contributed by atoms with Gasteiger partial charge in [0.05, 0.1) is 15.2 Å². The van der Waals surface area contributed by atoms with Gasteiger partial charge in [-0.2, -0.15) is 11.3 Å². The number of nitrogens with zero attached hydrogens (tertiary/aromatic N) is 1. The number of para-hydroxylation sites is 1. The van der Waals surface area contributed by atoms with Crippen LogP contribution >= 0.6 is 38.6 Å². The normalized spacial score (nSPS) is 13.0. The number of thiazole rings is 1. The number of thiophene rings is 1. The van der Waals surface area contributed by atoms with Crippen LogP contribution < -0.4 is 0 Å². The highest BCUT2D eigenvalue weighted by atomic mass is 79.9. The van der Waals surface area contributed by atoms with Crippen molar-refractivity contribution in [3.63, 3.8) is 0 Å². The van der Waals surface area contributed by atoms with Crippen LogP contribution in [0.3, 0.4) is 0 Å². The van der Waals surface area contributed by atoms with Gasteiger partial charge in [0.15, 0.2) is 0 Å². The van der Waals surface area contributed by atoms with Crippen molar-refractivity contribution >= 4 is 48.8 Å². The number of halogens is 1. The van der Waals surface area contributed by atoms with Crippen LogP contribution in [0.15, 0.2) is 35.0 Å². The number of aromatic nitrogens is 1. The Bertz CT molecular complexity index is 638. The minimum absolute atomic E-state index is 0.365. The lowest BCUT2D eigenvalue weighted by molar-refractivity contribution is 0.935. The van der Waals surface area contributed by atoms with Crippen molar-refractivity contribution in [2.75, 3.05) is 0 Å². The third-order valence-corrected chi connectivity index (χ3v) is 5.68. The van der Waals surface area contributed by atoms with Gasteiger partial charge in [-0.3, -0.25) is 0 Å². The van der Waals surface area contributed by atoms with Crippen molar-refractivity contribution in [2.24, 2.45) is 0 Å². The summed E-state index contributed by atoms with van der Waals surface area (Å²) in [6.07, 6.45) is 0.955. The zero-order valence-corrected chi connectivity index (χ0v) is 13.1. The fraction of sp³-hybridized carbons (Fsp3) is 0.214. The predicted octanol–water partition coefficient (Wildman–Crippen LogP) is 5.34. The first-order valence-corrected chi connectivity index (χ1v) is 8.43. The summed E-state index contributed by atoms with van der Waals surface area (Å²) < 4.78 is 1.27. The summed E-state index contributed by atoms with van der Waals surface area (Å²) in [6.45, 7) is 2.17. The van der Waals surface area contributed by atoms with Crippen molar-refractivity contribution in [3.05, 3.63) is 51.2 Å². The van der Waals surface area contributed by atoms with Gasteiger partial charge in [-0.15, -0.1) is 11.3 Å². The summed E-state index contributed by atoms with van der Waals surface area (Å²) in [4.78, 5) is 5.05. The van der Waals surface area contributed by atoms with Gasteiger partial charge in [-0.05, 0) is 40.9 Å². The fourth-order valence-electron chi connectivity index (χ4n) is 1.96. The van der Waals surface area contributed by atoms with E-state index in [2.05, 4.69) is 56.8 Å². The summed E-state index contributed by atoms with van der Waals surface area (Å²) in [6, 6.07) is 8.32. The predicted molar refractivity (Wildman–Crippen MR) is 84.0 cm³/mol. The Morgan fingerprint density at radius 1 is 1.28 bits per heavy atom. The zero-order chi connectivity index (χ0) is 12.5. The lowest BCUT2D eigenvalue weighted by atomic mass is 10.1. The van der Waals surface area contributed by atoms with Gasteiger partial charge in [-0.1, -0.05) is 28.1 Å². The number of rotatable bonds is 3. The molecule has 0 saturated heterocycles. The molecule has 18 heavy (non-hydrogen) atoms. The third kappa shape index (κ3) is 2.37. The molecule has 0 spiro atoms. The van der Waals surface area contributed by atoms with Crippen molar-refractivity contribution in [3.8, 4) is 0 Å². The Morgan fingerprint density at radius 3 is 2.83 bits per heavy atom. The summed E-state index contributed by atoms with van der Waals surface area (Å²) in [5.41, 5.74) is 3.86. The van der Waals surface area contributed by atoms with Crippen LogP contribution in [-0.4, -0.2) is 4.98 Å². The molecule has 0 aliphatic rings. The molecule has 1 atom stereocenters. The van der Waals surface area contributed by atoms with Crippen LogP contribution in [0.2, 0.25) is 0 Å². The molecular formula is C14H12BrNS2. The molecule has 0 N–H and O–H groups in total. The fourth-order valence-corrected chi connectivity index (χ4v) is 5.07. The molecule has 0 bridgehead atoms. The van der Waals surface area contributed by atoms with Gasteiger partial charge in [0, 0.05) is 11.2 Å². The second kappa shape index (κ2) is 5.11. The molecule has 0 amide bonds. The number of benzene rings is 1. The van der Waals surface area contributed by atoms with E-state index in [1.807, 2.05) is 6.07 Å². The molecule has 4 heteroatoms. The SMILES string of the molecule is Cc1cscc1C(Br)Cc1nc2ccccc2s1. The summed E-state index contributed by atoms with van der Waals surface area (Å²) in [5, 5.41) is 5.62. The lowest BCUT2D eigenvalue weighted by Gasteiger charge is -2.06. The summed E-state index contributed by atoms with van der Waals surface area (Å²) >= 11 is 7.34. The van der Waals surface area contributed by atoms with E-state index in [4.69, 9.17) is 0 Å². The first kappa shape index (κ1) is 12.3. The number of aryl methyl sites for hydroxylation is 1. The Balaban J connectivity index is 1.86. The summed E-state index contributed by atoms with van der Waals surface area (Å²) in [5.74, 6) is 0. The quantitative estimate of drug-likeness (QED) is 0.587. The molecule has 3 rings (SSSR count). The molecule has 1 nitrogen and oxygen atoms in total. The van der Waals surface area contributed by atoms with E-state index >= 15 is 0 Å². The van der Waals surface area contributed by atoms with Crippen molar-refractivity contribution in [1.82, 2.24) is 4.98 Å². The van der Waals surface area contributed by atoms with E-state index < -0.39 is 0 Å². The maximum absolute atomic E-state index is 4.68. The highest BCUT2D eigenvalue weighted by molar-refractivity contribution is 9.09. The minimum atomic E-state index is 0.365. The molecule has 1 aromatic carbocycles. The Labute approximate surface area is 123 Å². The topological polar surface area (TPSA) is 12.9 Å². The minimum Gasteiger partial charge on any atom is -0.241 e. The van der Waals surface area contributed by atoms with E-state index in [9.17, 15) is 0 Å². The van der Waals surface area contributed by atoms with Crippen LogP contribution in [0, 0.1) is 6.92 Å². The van der Waals surface area contributed by atoms with Crippen LogP contribution in [0.4, 0.5) is 0 Å². The van der Waals surface area contributed by atoms with Gasteiger partial charge in [0.2, 0.25) is 0 Å². The van der Waals surface area contributed by atoms with Gasteiger partial charge in [0.25, 0.3) is 0 Å². The van der Waals surface area contributed by atoms with E-state index in [0.29, 0.717) is 4.83 Å². The lowest BCUT2D eigenvalue weighted by Crippen LogP contribution is -1.94. The van der Waals surface area contributed by atoms with E-state index in [0.717, 1.165) is 11.9 Å². The molecule has 0 radical (unpaired) electrons. The Morgan fingerprint density at radius 2 is 2.11 bits per heavy atom. The second-order valence-corrected chi connectivity index (χ2v) is 7.22. The third-order valence-electron chi connectivity index (χ3n) is 2.92. The molecular weight excluding hydrogens is 326 g/mol. The van der Waals surface area contributed by atoms with Crippen LogP contribution in [0.1, 0.15) is 21.0 Å². The standard InChI is InChI=1S/C14H12BrNS2/c1-9-7-17-8-10(9)11(15)6-14-16-12-4-2-3-5-13(12)18-14/h2-5,7-8,11H,6H2,1H3. The molecule has 0 aliphatic carbocycles. The highest BCUT2D eigenvalue weighted by Gasteiger charge is 2.14. The number of hydrogen-bond donors (Lipinski definition) is 0. The number of hydrogen-bond acceptors (Lipinski definition) is 3. The van der Waals surface area contributed by atoms with Crippen LogP contribution in [0.5, 0.6) is 0 Å². The average Bonchev–Trinajstić information content (AvgIpc) is 2.94. The van der Waals surface area contributed by atoms with E-state index in [1.54, 1.807) is 22.7 Å². The maximum Gasteiger partial charge on any atom is 0.0953 e. The van der Waals surface area contributed by atoms with Gasteiger partial charge in [0.1, 0.15) is 0 Å². The van der Waals surface area contributed by atoms with Gasteiger partial charge < -0.3 is 0 Å². The molecule has 92 valence electrons. The largest absolute Gasteiger partial charge is 0.241 e. The molecule has 0 fully saturated rings. The molecule has 2 heterocycles. The van der Waals surface area contributed by atoms with Crippen LogP contribution in [0.25, 0.3) is 10.2 Å². The van der Waals surface area contributed by atoms with Crippen LogP contribution in [-0.2, 0) is 6.42 Å². The van der Waals surface area contributed by atoms with E-state index in [1.165, 1.54) is 20.8 Å². The first-order valence-electron chi connectivity index (χ1n) is 5.75. The molecule has 0 saturated carbocycles. The van der Waals surface area contributed by atoms with Crippen molar-refractivity contribution in [1.29, 1.82) is 0 Å². The number of alkyl halides is 1. The Kier molecular flexibility index (Phi) is 3.50. The molecule has 0 aliphatic heterocycles. The molecule has 1 unspecified atom stereocenters. The first-order chi connectivity index (χ1) is 8.74. The molecule has 3 aromatic rings. The highest BCUT2D eigenvalue weighted by Crippen LogP contribution is 2.33. The van der Waals surface area contributed by atoms with Crippen molar-refractivity contribution < 1.29 is 0 Å². The smallest absolute Gasteiger partial charge is 0.0953 e. The monoisotopic (exact) mass is 337 g/mol. The van der Waals surface area contributed by atoms with E-state index in [-0.39, 0.29) is 0 Å². The Hall–Kier alpha value is -0.710. The van der Waals surface area contributed by atoms with Crippen molar-refractivity contribution in [2.45, 2.75) is 18.2 Å². The molecule has 2 aromatic heterocycles. The zero-order valence-electron chi connectivity index (χ0n) is 9.89. The number of fused-ring (bicyclic) bond motifs is 1. The van der Waals surface area contributed by atoms with Gasteiger partial charge in [-0.25, -0.2) is 4.98 Å². The van der Waals surface area contributed by atoms with Gasteiger partial charge >= 0.3 is 0 Å². The second-order valence-electron chi connectivity index (χ2n) is 4.26. The maximum atomic E-state index is 4.68.